The molecule has 0 radical (unpaired) electrons. The first-order valence-electron chi connectivity index (χ1n) is 6.17. The molecule has 1 rings (SSSR count). The standard InChI is InChI=1S/C13H16F2N2O3/c1-2-8(18)6-7-16-12(19)13(20)17-11-9(14)4-3-5-10(11)15/h3-5,8,18H,2,6-7H2,1H3,(H,16,19)(H,17,20). The predicted molar refractivity (Wildman–Crippen MR) is 68.9 cm³/mol. The van der Waals surface area contributed by atoms with Crippen molar-refractivity contribution >= 4 is 17.5 Å². The second-order valence-electron chi connectivity index (χ2n) is 4.16. The van der Waals surface area contributed by atoms with E-state index in [1.807, 2.05) is 5.32 Å². The summed E-state index contributed by atoms with van der Waals surface area (Å²) in [6, 6.07) is 3.08. The molecule has 0 aliphatic rings. The van der Waals surface area contributed by atoms with E-state index < -0.39 is 35.2 Å². The molecule has 1 aromatic carbocycles. The van der Waals surface area contributed by atoms with Crippen molar-refractivity contribution < 1.29 is 23.5 Å². The largest absolute Gasteiger partial charge is 0.393 e. The number of hydrogen-bond acceptors (Lipinski definition) is 3. The monoisotopic (exact) mass is 286 g/mol. The molecule has 0 spiro atoms. The van der Waals surface area contributed by atoms with Crippen LogP contribution in [0.5, 0.6) is 0 Å². The van der Waals surface area contributed by atoms with Crippen molar-refractivity contribution in [2.24, 2.45) is 0 Å². The van der Waals surface area contributed by atoms with Crippen molar-refractivity contribution in [1.82, 2.24) is 5.32 Å². The summed E-state index contributed by atoms with van der Waals surface area (Å²) in [5, 5.41) is 13.4. The highest BCUT2D eigenvalue weighted by Crippen LogP contribution is 2.17. The van der Waals surface area contributed by atoms with E-state index in [1.165, 1.54) is 0 Å². The number of halogens is 2. The van der Waals surface area contributed by atoms with Crippen LogP contribution in [0.2, 0.25) is 0 Å². The summed E-state index contributed by atoms with van der Waals surface area (Å²) in [5.41, 5.74) is -0.666. The number of amides is 2. The fourth-order valence-electron chi connectivity index (χ4n) is 1.42. The minimum atomic E-state index is -1.17. The molecule has 0 saturated heterocycles. The molecule has 0 aliphatic heterocycles. The zero-order valence-electron chi connectivity index (χ0n) is 11.0. The Bertz CT molecular complexity index is 474. The van der Waals surface area contributed by atoms with Crippen LogP contribution in [0.25, 0.3) is 0 Å². The number of aliphatic hydroxyl groups is 1. The summed E-state index contributed by atoms with van der Waals surface area (Å²) >= 11 is 0. The van der Waals surface area contributed by atoms with Crippen LogP contribution in [0.15, 0.2) is 18.2 Å². The number of hydrogen-bond donors (Lipinski definition) is 3. The molecule has 0 aromatic heterocycles. The summed E-state index contributed by atoms with van der Waals surface area (Å²) in [6.07, 6.45) is 0.258. The molecule has 0 heterocycles. The van der Waals surface area contributed by atoms with Gasteiger partial charge in [-0.3, -0.25) is 9.59 Å². The van der Waals surface area contributed by atoms with Gasteiger partial charge in [0.05, 0.1) is 6.10 Å². The van der Waals surface area contributed by atoms with Gasteiger partial charge in [-0.25, -0.2) is 8.78 Å². The maximum atomic E-state index is 13.3. The Hall–Kier alpha value is -2.02. The molecule has 0 aliphatic carbocycles. The van der Waals surface area contributed by atoms with E-state index in [1.54, 1.807) is 6.92 Å². The normalized spacial score (nSPS) is 11.8. The first-order chi connectivity index (χ1) is 9.45. The molecule has 0 bridgehead atoms. The lowest BCUT2D eigenvalue weighted by Gasteiger charge is -2.09. The highest BCUT2D eigenvalue weighted by Gasteiger charge is 2.17. The molecule has 3 N–H and O–H groups in total. The minimum Gasteiger partial charge on any atom is -0.393 e. The Balaban J connectivity index is 2.52. The zero-order chi connectivity index (χ0) is 15.1. The maximum absolute atomic E-state index is 13.3. The highest BCUT2D eigenvalue weighted by molar-refractivity contribution is 6.39. The van der Waals surface area contributed by atoms with E-state index in [2.05, 4.69) is 5.32 Å². The topological polar surface area (TPSA) is 78.4 Å². The molecule has 1 atom stereocenters. The molecular formula is C13H16F2N2O3. The van der Waals surface area contributed by atoms with Gasteiger partial charge in [0, 0.05) is 6.54 Å². The molecule has 0 fully saturated rings. The van der Waals surface area contributed by atoms with Crippen molar-refractivity contribution in [2.45, 2.75) is 25.9 Å². The second kappa shape index (κ2) is 7.54. The number of para-hydroxylation sites is 1. The summed E-state index contributed by atoms with van der Waals surface area (Å²) in [6.45, 7) is 1.88. The van der Waals surface area contributed by atoms with Crippen LogP contribution in [0.4, 0.5) is 14.5 Å². The van der Waals surface area contributed by atoms with Gasteiger partial charge in [0.25, 0.3) is 0 Å². The molecular weight excluding hydrogens is 270 g/mol. The van der Waals surface area contributed by atoms with Crippen molar-refractivity contribution in [2.75, 3.05) is 11.9 Å². The van der Waals surface area contributed by atoms with Gasteiger partial charge < -0.3 is 15.7 Å². The summed E-state index contributed by atoms with van der Waals surface area (Å²) in [7, 11) is 0. The summed E-state index contributed by atoms with van der Waals surface area (Å²) < 4.78 is 26.5. The minimum absolute atomic E-state index is 0.0982. The van der Waals surface area contributed by atoms with E-state index in [4.69, 9.17) is 0 Å². The SMILES string of the molecule is CCC(O)CCNC(=O)C(=O)Nc1c(F)cccc1F. The fraction of sp³-hybridized carbons (Fsp3) is 0.385. The molecule has 20 heavy (non-hydrogen) atoms. The van der Waals surface area contributed by atoms with Gasteiger partial charge in [-0.05, 0) is 25.0 Å². The van der Waals surface area contributed by atoms with Crippen LogP contribution in [0, 0.1) is 11.6 Å². The zero-order valence-corrected chi connectivity index (χ0v) is 11.0. The number of rotatable bonds is 5. The molecule has 1 unspecified atom stereocenters. The third-order valence-corrected chi connectivity index (χ3v) is 2.64. The number of nitrogens with one attached hydrogen (secondary N) is 2. The van der Waals surface area contributed by atoms with E-state index in [0.717, 1.165) is 18.2 Å². The lowest BCUT2D eigenvalue weighted by molar-refractivity contribution is -0.136. The first kappa shape index (κ1) is 16.0. The van der Waals surface area contributed by atoms with E-state index in [0.29, 0.717) is 12.8 Å². The van der Waals surface area contributed by atoms with Crippen LogP contribution >= 0.6 is 0 Å². The van der Waals surface area contributed by atoms with Gasteiger partial charge in [0.15, 0.2) is 0 Å². The third kappa shape index (κ3) is 4.58. The predicted octanol–water partition coefficient (Wildman–Crippen LogP) is 1.18. The molecule has 0 saturated carbocycles. The van der Waals surface area contributed by atoms with Crippen LogP contribution in [0.1, 0.15) is 19.8 Å². The number of carbonyl (C=O) groups excluding carboxylic acids is 2. The smallest absolute Gasteiger partial charge is 0.313 e. The highest BCUT2D eigenvalue weighted by atomic mass is 19.1. The van der Waals surface area contributed by atoms with E-state index in [9.17, 15) is 23.5 Å². The molecule has 110 valence electrons. The molecule has 1 aromatic rings. The number of benzene rings is 1. The quantitative estimate of drug-likeness (QED) is 0.711. The Labute approximate surface area is 115 Å². The number of carbonyl (C=O) groups is 2. The second-order valence-corrected chi connectivity index (χ2v) is 4.16. The Morgan fingerprint density at radius 2 is 1.85 bits per heavy atom. The van der Waals surface area contributed by atoms with Crippen molar-refractivity contribution in [3.05, 3.63) is 29.8 Å². The lowest BCUT2D eigenvalue weighted by Crippen LogP contribution is -2.37. The average Bonchev–Trinajstić information content (AvgIpc) is 2.42. The Morgan fingerprint density at radius 3 is 2.40 bits per heavy atom. The van der Waals surface area contributed by atoms with Gasteiger partial charge in [0.2, 0.25) is 0 Å². The van der Waals surface area contributed by atoms with Crippen LogP contribution < -0.4 is 10.6 Å². The van der Waals surface area contributed by atoms with Gasteiger partial charge in [-0.15, -0.1) is 0 Å². The van der Waals surface area contributed by atoms with Gasteiger partial charge in [-0.1, -0.05) is 13.0 Å². The fourth-order valence-corrected chi connectivity index (χ4v) is 1.42. The maximum Gasteiger partial charge on any atom is 0.313 e. The third-order valence-electron chi connectivity index (χ3n) is 2.64. The first-order valence-corrected chi connectivity index (χ1v) is 6.17. The van der Waals surface area contributed by atoms with Crippen molar-refractivity contribution in [3.63, 3.8) is 0 Å². The Kier molecular flexibility index (Phi) is 6.05. The molecule has 7 heteroatoms. The van der Waals surface area contributed by atoms with Crippen LogP contribution in [-0.2, 0) is 9.59 Å². The summed E-state index contributed by atoms with van der Waals surface area (Å²) in [5.74, 6) is -4.11. The summed E-state index contributed by atoms with van der Waals surface area (Å²) in [4.78, 5) is 22.8. The number of aliphatic hydroxyl groups excluding tert-OH is 1. The Morgan fingerprint density at radius 1 is 1.25 bits per heavy atom. The van der Waals surface area contributed by atoms with Gasteiger partial charge in [-0.2, -0.15) is 0 Å². The van der Waals surface area contributed by atoms with Crippen LogP contribution in [0.3, 0.4) is 0 Å². The van der Waals surface area contributed by atoms with Crippen molar-refractivity contribution in [1.29, 1.82) is 0 Å². The lowest BCUT2D eigenvalue weighted by atomic mass is 10.2. The van der Waals surface area contributed by atoms with Crippen molar-refractivity contribution in [3.8, 4) is 0 Å². The van der Waals surface area contributed by atoms with Crippen LogP contribution in [-0.4, -0.2) is 29.6 Å². The van der Waals surface area contributed by atoms with E-state index >= 15 is 0 Å². The average molecular weight is 286 g/mol. The van der Waals surface area contributed by atoms with Gasteiger partial charge >= 0.3 is 11.8 Å². The number of anilines is 1. The van der Waals surface area contributed by atoms with Gasteiger partial charge in [0.1, 0.15) is 17.3 Å². The van der Waals surface area contributed by atoms with E-state index in [-0.39, 0.29) is 6.54 Å². The molecule has 2 amide bonds. The molecule has 5 nitrogen and oxygen atoms in total.